The van der Waals surface area contributed by atoms with E-state index < -0.39 is 5.82 Å². The Kier molecular flexibility index (Phi) is 5.94. The molecule has 1 fully saturated rings. The number of benzene rings is 1. The smallest absolute Gasteiger partial charge is 0.314 e. The zero-order valence-corrected chi connectivity index (χ0v) is 13.0. The fraction of sp³-hybridized carbons (Fsp3) is 0.556. The van der Waals surface area contributed by atoms with Gasteiger partial charge in [-0.1, -0.05) is 26.2 Å². The van der Waals surface area contributed by atoms with E-state index in [1.54, 1.807) is 6.07 Å². The number of carbonyl (C=O) groups is 1. The van der Waals surface area contributed by atoms with Crippen LogP contribution in [0.25, 0.3) is 0 Å². The number of ether oxygens (including phenoxy) is 1. The van der Waals surface area contributed by atoms with Crippen molar-refractivity contribution in [3.8, 4) is 11.8 Å². The van der Waals surface area contributed by atoms with Gasteiger partial charge in [-0.05, 0) is 43.7 Å². The fourth-order valence-corrected chi connectivity index (χ4v) is 3.03. The molecule has 0 heterocycles. The van der Waals surface area contributed by atoms with Gasteiger partial charge in [0.05, 0.1) is 11.5 Å². The highest BCUT2D eigenvalue weighted by Crippen LogP contribution is 2.33. The van der Waals surface area contributed by atoms with Crippen LogP contribution in [0.1, 0.15) is 57.4 Å². The number of nitriles is 1. The monoisotopic (exact) mass is 303 g/mol. The second-order valence-electron chi connectivity index (χ2n) is 6.03. The van der Waals surface area contributed by atoms with Crippen LogP contribution in [0.2, 0.25) is 0 Å². The van der Waals surface area contributed by atoms with Crippen molar-refractivity contribution in [2.45, 2.75) is 51.9 Å². The summed E-state index contributed by atoms with van der Waals surface area (Å²) in [5, 5.41) is 8.68. The first-order chi connectivity index (χ1) is 10.6. The molecule has 0 aromatic heterocycles. The molecule has 2 rings (SSSR count). The molecule has 1 saturated carbocycles. The molecule has 1 aromatic carbocycles. The number of unbranched alkanes of at least 4 members (excludes halogenated alkanes) is 1. The van der Waals surface area contributed by atoms with E-state index in [9.17, 15) is 9.18 Å². The third kappa shape index (κ3) is 4.30. The van der Waals surface area contributed by atoms with Gasteiger partial charge in [-0.25, -0.2) is 4.39 Å². The highest BCUT2D eigenvalue weighted by molar-refractivity contribution is 5.75. The van der Waals surface area contributed by atoms with Crippen LogP contribution in [-0.4, -0.2) is 5.97 Å². The molecule has 0 aliphatic heterocycles. The second-order valence-corrected chi connectivity index (χ2v) is 6.03. The highest BCUT2D eigenvalue weighted by Gasteiger charge is 2.27. The Hall–Kier alpha value is -1.89. The van der Waals surface area contributed by atoms with Gasteiger partial charge in [0.15, 0.2) is 0 Å². The number of nitrogens with zero attached hydrogens (tertiary/aromatic N) is 1. The van der Waals surface area contributed by atoms with Gasteiger partial charge in [0, 0.05) is 6.07 Å². The largest absolute Gasteiger partial charge is 0.426 e. The van der Waals surface area contributed by atoms with Gasteiger partial charge < -0.3 is 4.74 Å². The van der Waals surface area contributed by atoms with E-state index in [0.29, 0.717) is 0 Å². The minimum atomic E-state index is -0.656. The van der Waals surface area contributed by atoms with E-state index in [1.807, 2.05) is 0 Å². The zero-order valence-electron chi connectivity index (χ0n) is 13.0. The first kappa shape index (κ1) is 16.5. The number of carbonyl (C=O) groups excluding carboxylic acids is 1. The molecule has 1 aromatic rings. The quantitative estimate of drug-likeness (QED) is 0.590. The first-order valence-corrected chi connectivity index (χ1v) is 8.05. The lowest BCUT2D eigenvalue weighted by atomic mass is 9.80. The van der Waals surface area contributed by atoms with E-state index in [2.05, 4.69) is 6.92 Å². The molecule has 4 heteroatoms. The molecular formula is C18H22FNO2. The maximum absolute atomic E-state index is 13.5. The molecule has 0 bridgehead atoms. The van der Waals surface area contributed by atoms with Crippen LogP contribution < -0.4 is 4.74 Å². The van der Waals surface area contributed by atoms with E-state index in [-0.39, 0.29) is 23.2 Å². The van der Waals surface area contributed by atoms with Crippen molar-refractivity contribution in [1.82, 2.24) is 0 Å². The summed E-state index contributed by atoms with van der Waals surface area (Å²) >= 11 is 0. The topological polar surface area (TPSA) is 50.1 Å². The highest BCUT2D eigenvalue weighted by atomic mass is 19.1. The van der Waals surface area contributed by atoms with Gasteiger partial charge in [-0.2, -0.15) is 5.26 Å². The maximum Gasteiger partial charge on any atom is 0.314 e. The Balaban J connectivity index is 1.86. The lowest BCUT2D eigenvalue weighted by molar-refractivity contribution is -0.140. The van der Waals surface area contributed by atoms with Crippen molar-refractivity contribution in [3.05, 3.63) is 29.6 Å². The van der Waals surface area contributed by atoms with Crippen molar-refractivity contribution < 1.29 is 13.9 Å². The van der Waals surface area contributed by atoms with Crippen molar-refractivity contribution in [1.29, 1.82) is 5.26 Å². The van der Waals surface area contributed by atoms with Crippen LogP contribution in [0.5, 0.6) is 5.75 Å². The van der Waals surface area contributed by atoms with Crippen LogP contribution in [0.15, 0.2) is 18.2 Å². The van der Waals surface area contributed by atoms with Gasteiger partial charge in [0.2, 0.25) is 0 Å². The molecule has 0 amide bonds. The lowest BCUT2D eigenvalue weighted by Gasteiger charge is -2.27. The number of halogens is 1. The Morgan fingerprint density at radius 1 is 1.36 bits per heavy atom. The molecule has 0 atom stereocenters. The van der Waals surface area contributed by atoms with Crippen LogP contribution >= 0.6 is 0 Å². The van der Waals surface area contributed by atoms with Gasteiger partial charge in [0.1, 0.15) is 17.6 Å². The van der Waals surface area contributed by atoms with Crippen LogP contribution in [0, 0.1) is 29.0 Å². The molecule has 0 saturated heterocycles. The van der Waals surface area contributed by atoms with E-state index in [0.717, 1.165) is 37.7 Å². The first-order valence-electron chi connectivity index (χ1n) is 8.05. The van der Waals surface area contributed by atoms with Gasteiger partial charge in [-0.15, -0.1) is 0 Å². The molecule has 22 heavy (non-hydrogen) atoms. The molecule has 0 N–H and O–H groups in total. The van der Waals surface area contributed by atoms with Crippen LogP contribution in [0.4, 0.5) is 4.39 Å². The summed E-state index contributed by atoms with van der Waals surface area (Å²) in [6.45, 7) is 2.19. The van der Waals surface area contributed by atoms with Crippen molar-refractivity contribution in [2.24, 2.45) is 11.8 Å². The zero-order chi connectivity index (χ0) is 15.9. The molecule has 1 aliphatic carbocycles. The second kappa shape index (κ2) is 7.93. The molecule has 118 valence electrons. The SMILES string of the molecule is CCCCC1CCC(C(=O)Oc2ccc(C#N)c(F)c2)CC1. The van der Waals surface area contributed by atoms with Crippen molar-refractivity contribution in [2.75, 3.05) is 0 Å². The molecule has 0 unspecified atom stereocenters. The third-order valence-corrected chi connectivity index (χ3v) is 4.43. The van der Waals surface area contributed by atoms with Crippen LogP contribution in [0.3, 0.4) is 0 Å². The number of rotatable bonds is 5. The molecule has 0 spiro atoms. The third-order valence-electron chi connectivity index (χ3n) is 4.43. The van der Waals surface area contributed by atoms with Gasteiger partial charge in [-0.3, -0.25) is 4.79 Å². The summed E-state index contributed by atoms with van der Waals surface area (Å²) < 4.78 is 18.8. The Bertz CT molecular complexity index is 557. The van der Waals surface area contributed by atoms with Crippen LogP contribution in [-0.2, 0) is 4.79 Å². The predicted molar refractivity (Wildman–Crippen MR) is 81.7 cm³/mol. The lowest BCUT2D eigenvalue weighted by Crippen LogP contribution is -2.25. The average Bonchev–Trinajstić information content (AvgIpc) is 2.53. The van der Waals surface area contributed by atoms with Crippen molar-refractivity contribution >= 4 is 5.97 Å². The fourth-order valence-electron chi connectivity index (χ4n) is 3.03. The van der Waals surface area contributed by atoms with Gasteiger partial charge in [0.25, 0.3) is 0 Å². The minimum absolute atomic E-state index is 0.0452. The summed E-state index contributed by atoms with van der Waals surface area (Å²) in [7, 11) is 0. The van der Waals surface area contributed by atoms with Crippen molar-refractivity contribution in [3.63, 3.8) is 0 Å². The summed E-state index contributed by atoms with van der Waals surface area (Å²) in [6.07, 6.45) is 7.57. The normalized spacial score (nSPS) is 21.1. The number of hydrogen-bond acceptors (Lipinski definition) is 3. The number of hydrogen-bond donors (Lipinski definition) is 0. The standard InChI is InChI=1S/C18H22FNO2/c1-2-3-4-13-5-7-14(8-6-13)18(21)22-16-10-9-15(12-20)17(19)11-16/h9-11,13-14H,2-8H2,1H3. The molecule has 1 aliphatic rings. The van der Waals surface area contributed by atoms with E-state index >= 15 is 0 Å². The molecule has 3 nitrogen and oxygen atoms in total. The summed E-state index contributed by atoms with van der Waals surface area (Å²) in [4.78, 5) is 12.1. The average molecular weight is 303 g/mol. The van der Waals surface area contributed by atoms with E-state index in [1.165, 1.54) is 31.4 Å². The molecule has 0 radical (unpaired) electrons. The Morgan fingerprint density at radius 2 is 2.09 bits per heavy atom. The number of esters is 1. The Labute approximate surface area is 131 Å². The molecular weight excluding hydrogens is 281 g/mol. The summed E-state index contributed by atoms with van der Waals surface area (Å²) in [6, 6.07) is 5.64. The summed E-state index contributed by atoms with van der Waals surface area (Å²) in [5.74, 6) is -0.114. The Morgan fingerprint density at radius 3 is 2.68 bits per heavy atom. The summed E-state index contributed by atoms with van der Waals surface area (Å²) in [5.41, 5.74) is -0.0452. The minimum Gasteiger partial charge on any atom is -0.426 e. The predicted octanol–water partition coefficient (Wildman–Crippen LogP) is 4.60. The maximum atomic E-state index is 13.5. The van der Waals surface area contributed by atoms with E-state index in [4.69, 9.17) is 10.00 Å². The van der Waals surface area contributed by atoms with Gasteiger partial charge >= 0.3 is 5.97 Å².